The van der Waals surface area contributed by atoms with E-state index in [1.54, 1.807) is 0 Å². The average Bonchev–Trinajstić information content (AvgIpc) is 2.45. The molecule has 0 spiro atoms. The van der Waals surface area contributed by atoms with E-state index in [4.69, 9.17) is 15.2 Å². The smallest absolute Gasteiger partial charge is 0.408 e. The molecule has 0 aromatic heterocycles. The van der Waals surface area contributed by atoms with Crippen LogP contribution in [-0.4, -0.2) is 49.4 Å². The van der Waals surface area contributed by atoms with Crippen LogP contribution in [0.5, 0.6) is 0 Å². The second kappa shape index (κ2) is 7.85. The molecule has 24 heavy (non-hydrogen) atoms. The van der Waals surface area contributed by atoms with Crippen molar-refractivity contribution in [2.75, 3.05) is 38.6 Å². The standard InChI is InChI=1S/C18H29N3O3/c1-13-11-14(19)5-6-15(13)16(12-21-7-9-23-10-8-21)20-17(22)24-18(2,3)4/h5-6,11,16H,7-10,12,19H2,1-4H3,(H,20,22). The molecule has 1 heterocycles. The van der Waals surface area contributed by atoms with Crippen LogP contribution in [0.15, 0.2) is 18.2 Å². The van der Waals surface area contributed by atoms with Crippen LogP contribution >= 0.6 is 0 Å². The Morgan fingerprint density at radius 1 is 1.38 bits per heavy atom. The van der Waals surface area contributed by atoms with Crippen LogP contribution in [0.3, 0.4) is 0 Å². The molecule has 1 aliphatic rings. The zero-order valence-electron chi connectivity index (χ0n) is 15.1. The van der Waals surface area contributed by atoms with Crippen molar-refractivity contribution in [2.24, 2.45) is 0 Å². The summed E-state index contributed by atoms with van der Waals surface area (Å²) in [6.45, 7) is 11.5. The lowest BCUT2D eigenvalue weighted by molar-refractivity contribution is 0.0288. The molecule has 1 aromatic rings. The molecule has 1 aliphatic heterocycles. The number of nitrogens with one attached hydrogen (secondary N) is 1. The SMILES string of the molecule is Cc1cc(N)ccc1C(CN1CCOCC1)NC(=O)OC(C)(C)C. The number of carbonyl (C=O) groups is 1. The molecule has 1 unspecified atom stereocenters. The number of alkyl carbamates (subject to hydrolysis) is 1. The molecule has 1 amide bonds. The van der Waals surface area contributed by atoms with E-state index in [1.807, 2.05) is 45.9 Å². The first-order valence-electron chi connectivity index (χ1n) is 8.40. The lowest BCUT2D eigenvalue weighted by Crippen LogP contribution is -2.44. The number of nitrogens with two attached hydrogens (primary N) is 1. The number of hydrogen-bond acceptors (Lipinski definition) is 5. The second-order valence-electron chi connectivity index (χ2n) is 7.23. The molecule has 134 valence electrons. The van der Waals surface area contributed by atoms with Gasteiger partial charge in [-0.3, -0.25) is 4.90 Å². The van der Waals surface area contributed by atoms with Crippen molar-refractivity contribution in [1.82, 2.24) is 10.2 Å². The largest absolute Gasteiger partial charge is 0.444 e. The zero-order chi connectivity index (χ0) is 17.7. The Balaban J connectivity index is 2.15. The molecule has 0 bridgehead atoms. The number of rotatable bonds is 4. The van der Waals surface area contributed by atoms with Crippen molar-refractivity contribution >= 4 is 11.8 Å². The number of ether oxygens (including phenoxy) is 2. The van der Waals surface area contributed by atoms with E-state index in [9.17, 15) is 4.79 Å². The minimum Gasteiger partial charge on any atom is -0.444 e. The van der Waals surface area contributed by atoms with Gasteiger partial charge in [0.15, 0.2) is 0 Å². The Morgan fingerprint density at radius 2 is 2.04 bits per heavy atom. The highest BCUT2D eigenvalue weighted by Gasteiger charge is 2.24. The first kappa shape index (κ1) is 18.5. The number of benzene rings is 1. The highest BCUT2D eigenvalue weighted by Crippen LogP contribution is 2.22. The van der Waals surface area contributed by atoms with Gasteiger partial charge in [-0.2, -0.15) is 0 Å². The molecule has 1 aromatic carbocycles. The van der Waals surface area contributed by atoms with Crippen LogP contribution in [0.1, 0.15) is 37.9 Å². The third-order valence-corrected chi connectivity index (χ3v) is 3.90. The van der Waals surface area contributed by atoms with Crippen LogP contribution in [0.4, 0.5) is 10.5 Å². The summed E-state index contributed by atoms with van der Waals surface area (Å²) in [5.41, 5.74) is 8.17. The first-order chi connectivity index (χ1) is 11.2. The van der Waals surface area contributed by atoms with Crippen LogP contribution in [0.25, 0.3) is 0 Å². The molecule has 1 saturated heterocycles. The third kappa shape index (κ3) is 5.69. The highest BCUT2D eigenvalue weighted by atomic mass is 16.6. The van der Waals surface area contributed by atoms with Gasteiger partial charge in [0, 0.05) is 25.3 Å². The number of carbonyl (C=O) groups excluding carboxylic acids is 1. The zero-order valence-corrected chi connectivity index (χ0v) is 15.1. The average molecular weight is 335 g/mol. The Kier molecular flexibility index (Phi) is 6.07. The van der Waals surface area contributed by atoms with Crippen molar-refractivity contribution in [3.63, 3.8) is 0 Å². The van der Waals surface area contributed by atoms with Gasteiger partial charge in [0.25, 0.3) is 0 Å². The van der Waals surface area contributed by atoms with Gasteiger partial charge in [0.2, 0.25) is 0 Å². The van der Waals surface area contributed by atoms with Crippen molar-refractivity contribution in [3.8, 4) is 0 Å². The van der Waals surface area contributed by atoms with Crippen LogP contribution in [-0.2, 0) is 9.47 Å². The van der Waals surface area contributed by atoms with Gasteiger partial charge in [-0.1, -0.05) is 6.07 Å². The van der Waals surface area contributed by atoms with Crippen LogP contribution in [0.2, 0.25) is 0 Å². The van der Waals surface area contributed by atoms with Gasteiger partial charge in [-0.05, 0) is 51.0 Å². The third-order valence-electron chi connectivity index (χ3n) is 3.90. The van der Waals surface area contributed by atoms with E-state index in [2.05, 4.69) is 10.2 Å². The number of hydrogen-bond donors (Lipinski definition) is 2. The van der Waals surface area contributed by atoms with Crippen molar-refractivity contribution < 1.29 is 14.3 Å². The molecule has 0 radical (unpaired) electrons. The Hall–Kier alpha value is -1.79. The lowest BCUT2D eigenvalue weighted by Gasteiger charge is -2.32. The van der Waals surface area contributed by atoms with Gasteiger partial charge in [-0.25, -0.2) is 4.79 Å². The Bertz CT molecular complexity index is 563. The van der Waals surface area contributed by atoms with Gasteiger partial charge in [-0.15, -0.1) is 0 Å². The summed E-state index contributed by atoms with van der Waals surface area (Å²) in [4.78, 5) is 14.6. The predicted molar refractivity (Wildman–Crippen MR) is 95.0 cm³/mol. The van der Waals surface area contributed by atoms with Gasteiger partial charge in [0.1, 0.15) is 5.60 Å². The summed E-state index contributed by atoms with van der Waals surface area (Å²) < 4.78 is 10.8. The minimum absolute atomic E-state index is 0.154. The maximum absolute atomic E-state index is 12.3. The number of nitrogen functional groups attached to an aromatic ring is 1. The van der Waals surface area contributed by atoms with E-state index in [-0.39, 0.29) is 6.04 Å². The summed E-state index contributed by atoms with van der Waals surface area (Å²) in [7, 11) is 0. The molecule has 6 nitrogen and oxygen atoms in total. The van der Waals surface area contributed by atoms with Crippen LogP contribution < -0.4 is 11.1 Å². The number of morpholine rings is 1. The molecule has 6 heteroatoms. The molecule has 0 saturated carbocycles. The number of anilines is 1. The summed E-state index contributed by atoms with van der Waals surface area (Å²) >= 11 is 0. The fourth-order valence-electron chi connectivity index (χ4n) is 2.80. The number of nitrogens with zero attached hydrogens (tertiary/aromatic N) is 1. The Morgan fingerprint density at radius 3 is 2.62 bits per heavy atom. The fourth-order valence-corrected chi connectivity index (χ4v) is 2.80. The molecule has 2 rings (SSSR count). The van der Waals surface area contributed by atoms with Crippen molar-refractivity contribution in [1.29, 1.82) is 0 Å². The van der Waals surface area contributed by atoms with E-state index < -0.39 is 11.7 Å². The summed E-state index contributed by atoms with van der Waals surface area (Å²) in [5.74, 6) is 0. The van der Waals surface area contributed by atoms with Gasteiger partial charge >= 0.3 is 6.09 Å². The monoisotopic (exact) mass is 335 g/mol. The number of amides is 1. The maximum atomic E-state index is 12.3. The molecular weight excluding hydrogens is 306 g/mol. The summed E-state index contributed by atoms with van der Waals surface area (Å²) in [6.07, 6.45) is -0.406. The quantitative estimate of drug-likeness (QED) is 0.827. The normalized spacial score (nSPS) is 17.3. The Labute approximate surface area is 144 Å². The minimum atomic E-state index is -0.524. The highest BCUT2D eigenvalue weighted by molar-refractivity contribution is 5.68. The predicted octanol–water partition coefficient (Wildman–Crippen LogP) is 2.48. The maximum Gasteiger partial charge on any atom is 0.408 e. The first-order valence-corrected chi connectivity index (χ1v) is 8.40. The van der Waals surface area contributed by atoms with E-state index in [0.717, 1.165) is 43.1 Å². The van der Waals surface area contributed by atoms with Crippen molar-refractivity contribution in [2.45, 2.75) is 39.3 Å². The molecule has 1 fully saturated rings. The van der Waals surface area contributed by atoms with E-state index >= 15 is 0 Å². The fraction of sp³-hybridized carbons (Fsp3) is 0.611. The molecule has 0 aliphatic carbocycles. The van der Waals surface area contributed by atoms with Gasteiger partial charge < -0.3 is 20.5 Å². The summed E-state index contributed by atoms with van der Waals surface area (Å²) in [6, 6.07) is 5.62. The van der Waals surface area contributed by atoms with E-state index in [1.165, 1.54) is 0 Å². The van der Waals surface area contributed by atoms with Crippen LogP contribution in [0, 0.1) is 6.92 Å². The van der Waals surface area contributed by atoms with E-state index in [0.29, 0.717) is 6.54 Å². The molecular formula is C18H29N3O3. The lowest BCUT2D eigenvalue weighted by atomic mass is 10.00. The second-order valence-corrected chi connectivity index (χ2v) is 7.23. The van der Waals surface area contributed by atoms with Gasteiger partial charge in [0.05, 0.1) is 19.3 Å². The molecule has 3 N–H and O–H groups in total. The number of aryl methyl sites for hydroxylation is 1. The summed E-state index contributed by atoms with van der Waals surface area (Å²) in [5, 5.41) is 3.01. The van der Waals surface area contributed by atoms with Crippen molar-refractivity contribution in [3.05, 3.63) is 29.3 Å². The topological polar surface area (TPSA) is 76.8 Å². The molecule has 1 atom stereocenters.